The van der Waals surface area contributed by atoms with Gasteiger partial charge in [0.1, 0.15) is 5.82 Å². The molecule has 0 saturated carbocycles. The van der Waals surface area contributed by atoms with Crippen LogP contribution in [0.4, 0.5) is 5.13 Å². The lowest BCUT2D eigenvalue weighted by Crippen LogP contribution is -2.12. The van der Waals surface area contributed by atoms with Crippen molar-refractivity contribution in [1.29, 1.82) is 0 Å². The average molecular weight is 272 g/mol. The van der Waals surface area contributed by atoms with Gasteiger partial charge in [-0.2, -0.15) is 0 Å². The van der Waals surface area contributed by atoms with E-state index in [0.717, 1.165) is 17.0 Å². The highest BCUT2D eigenvalue weighted by Gasteiger charge is 2.16. The Bertz CT molecular complexity index is 759. The molecular formula is C13H12N4OS. The Balaban J connectivity index is 1.98. The van der Waals surface area contributed by atoms with Crippen LogP contribution in [0.5, 0.6) is 0 Å². The fourth-order valence-corrected chi connectivity index (χ4v) is 2.61. The molecule has 3 aromatic rings. The Morgan fingerprint density at radius 2 is 2.16 bits per heavy atom. The van der Waals surface area contributed by atoms with E-state index in [1.54, 1.807) is 0 Å². The van der Waals surface area contributed by atoms with Crippen molar-refractivity contribution in [2.24, 2.45) is 0 Å². The topological polar surface area (TPSA) is 59.3 Å². The highest BCUT2D eigenvalue weighted by molar-refractivity contribution is 7.13. The molecule has 0 aliphatic rings. The van der Waals surface area contributed by atoms with Gasteiger partial charge in [-0.3, -0.25) is 10.1 Å². The molecule has 96 valence electrons. The van der Waals surface area contributed by atoms with Crippen molar-refractivity contribution in [1.82, 2.24) is 14.4 Å². The monoisotopic (exact) mass is 272 g/mol. The molecule has 0 aromatic carbocycles. The van der Waals surface area contributed by atoms with Crippen LogP contribution in [-0.4, -0.2) is 20.3 Å². The third-order valence-electron chi connectivity index (χ3n) is 2.78. The predicted molar refractivity (Wildman–Crippen MR) is 74.7 cm³/mol. The van der Waals surface area contributed by atoms with Crippen LogP contribution in [0, 0.1) is 13.8 Å². The summed E-state index contributed by atoms with van der Waals surface area (Å²) in [7, 11) is 0. The molecule has 0 bridgehead atoms. The zero-order chi connectivity index (χ0) is 13.4. The molecule has 0 atom stereocenters. The standard InChI is InChI=1S/C13H12N4OS/c1-8-7-19-13(14-8)16-12(18)11-10-5-3-4-6-17(10)9(2)15-11/h3-7H,1-2H3,(H,14,16,18). The number of hydrogen-bond donors (Lipinski definition) is 1. The number of aryl methyl sites for hydroxylation is 2. The van der Waals surface area contributed by atoms with E-state index in [0.29, 0.717) is 10.8 Å². The van der Waals surface area contributed by atoms with E-state index in [1.807, 2.05) is 48.0 Å². The number of pyridine rings is 1. The van der Waals surface area contributed by atoms with Gasteiger partial charge in [-0.05, 0) is 26.0 Å². The summed E-state index contributed by atoms with van der Waals surface area (Å²) in [6.07, 6.45) is 1.89. The van der Waals surface area contributed by atoms with Gasteiger partial charge in [-0.25, -0.2) is 9.97 Å². The van der Waals surface area contributed by atoms with E-state index in [9.17, 15) is 4.79 Å². The number of nitrogens with one attached hydrogen (secondary N) is 1. The number of aromatic nitrogens is 3. The summed E-state index contributed by atoms with van der Waals surface area (Å²) in [5, 5.41) is 5.27. The molecule has 0 unspecified atom stereocenters. The first-order chi connectivity index (χ1) is 9.15. The molecule has 0 spiro atoms. The summed E-state index contributed by atoms with van der Waals surface area (Å²) in [4.78, 5) is 20.8. The lowest BCUT2D eigenvalue weighted by Gasteiger charge is -1.99. The highest BCUT2D eigenvalue weighted by atomic mass is 32.1. The van der Waals surface area contributed by atoms with Crippen molar-refractivity contribution in [3.63, 3.8) is 0 Å². The number of imidazole rings is 1. The van der Waals surface area contributed by atoms with Crippen LogP contribution in [0.15, 0.2) is 29.8 Å². The maximum Gasteiger partial charge on any atom is 0.278 e. The summed E-state index contributed by atoms with van der Waals surface area (Å²) in [5.41, 5.74) is 2.11. The molecule has 3 rings (SSSR count). The van der Waals surface area contributed by atoms with Crippen molar-refractivity contribution in [3.05, 3.63) is 47.0 Å². The van der Waals surface area contributed by atoms with Gasteiger partial charge in [0.05, 0.1) is 11.2 Å². The van der Waals surface area contributed by atoms with Crippen molar-refractivity contribution in [3.8, 4) is 0 Å². The smallest absolute Gasteiger partial charge is 0.278 e. The van der Waals surface area contributed by atoms with Gasteiger partial charge < -0.3 is 4.40 Å². The fraction of sp³-hybridized carbons (Fsp3) is 0.154. The maximum absolute atomic E-state index is 12.2. The van der Waals surface area contributed by atoms with Crippen LogP contribution < -0.4 is 5.32 Å². The van der Waals surface area contributed by atoms with Crippen LogP contribution in [0.3, 0.4) is 0 Å². The number of amides is 1. The average Bonchev–Trinajstić information content (AvgIpc) is 2.95. The minimum atomic E-state index is -0.230. The Kier molecular flexibility index (Phi) is 2.79. The SMILES string of the molecule is Cc1csc(NC(=O)c2nc(C)n3ccccc23)n1. The van der Waals surface area contributed by atoms with Gasteiger partial charge in [0, 0.05) is 11.6 Å². The molecule has 0 aliphatic carbocycles. The zero-order valence-electron chi connectivity index (χ0n) is 10.5. The number of rotatable bonds is 2. The summed E-state index contributed by atoms with van der Waals surface area (Å²) >= 11 is 1.41. The molecule has 3 aromatic heterocycles. The maximum atomic E-state index is 12.2. The third kappa shape index (κ3) is 2.10. The van der Waals surface area contributed by atoms with E-state index < -0.39 is 0 Å². The van der Waals surface area contributed by atoms with Gasteiger partial charge in [0.25, 0.3) is 5.91 Å². The molecule has 0 aliphatic heterocycles. The van der Waals surface area contributed by atoms with Gasteiger partial charge in [-0.1, -0.05) is 6.07 Å². The second-order valence-electron chi connectivity index (χ2n) is 4.21. The summed E-state index contributed by atoms with van der Waals surface area (Å²) in [6.45, 7) is 3.76. The number of anilines is 1. The van der Waals surface area contributed by atoms with Gasteiger partial charge in [-0.15, -0.1) is 11.3 Å². The van der Waals surface area contributed by atoms with E-state index in [1.165, 1.54) is 11.3 Å². The third-order valence-corrected chi connectivity index (χ3v) is 3.65. The van der Waals surface area contributed by atoms with E-state index in [-0.39, 0.29) is 5.91 Å². The second-order valence-corrected chi connectivity index (χ2v) is 5.07. The molecule has 1 N–H and O–H groups in total. The largest absolute Gasteiger partial charge is 0.303 e. The molecule has 0 fully saturated rings. The minimum Gasteiger partial charge on any atom is -0.303 e. The highest BCUT2D eigenvalue weighted by Crippen LogP contribution is 2.18. The molecule has 6 heteroatoms. The normalized spacial score (nSPS) is 10.8. The van der Waals surface area contributed by atoms with Crippen LogP contribution in [-0.2, 0) is 0 Å². The van der Waals surface area contributed by atoms with E-state index >= 15 is 0 Å². The summed E-state index contributed by atoms with van der Waals surface area (Å²) < 4.78 is 1.89. The molecular weight excluding hydrogens is 260 g/mol. The lowest BCUT2D eigenvalue weighted by atomic mass is 10.3. The Labute approximate surface area is 113 Å². The number of carbonyl (C=O) groups is 1. The predicted octanol–water partition coefficient (Wildman–Crippen LogP) is 2.66. The number of nitrogens with zero attached hydrogens (tertiary/aromatic N) is 3. The van der Waals surface area contributed by atoms with E-state index in [4.69, 9.17) is 0 Å². The fourth-order valence-electron chi connectivity index (χ4n) is 1.93. The number of thiazole rings is 1. The molecule has 5 nitrogen and oxygen atoms in total. The Morgan fingerprint density at radius 3 is 2.89 bits per heavy atom. The molecule has 1 amide bonds. The molecule has 19 heavy (non-hydrogen) atoms. The van der Waals surface area contributed by atoms with Crippen molar-refractivity contribution in [2.45, 2.75) is 13.8 Å². The molecule has 3 heterocycles. The zero-order valence-corrected chi connectivity index (χ0v) is 11.4. The van der Waals surface area contributed by atoms with Crippen LogP contribution >= 0.6 is 11.3 Å². The Hall–Kier alpha value is -2.21. The van der Waals surface area contributed by atoms with Crippen molar-refractivity contribution in [2.75, 3.05) is 5.32 Å². The molecule has 0 radical (unpaired) electrons. The van der Waals surface area contributed by atoms with E-state index in [2.05, 4.69) is 15.3 Å². The van der Waals surface area contributed by atoms with Crippen LogP contribution in [0.25, 0.3) is 5.52 Å². The second kappa shape index (κ2) is 4.47. The van der Waals surface area contributed by atoms with Gasteiger partial charge in [0.2, 0.25) is 0 Å². The Morgan fingerprint density at radius 1 is 1.32 bits per heavy atom. The first kappa shape index (κ1) is 11.9. The minimum absolute atomic E-state index is 0.230. The van der Waals surface area contributed by atoms with Crippen LogP contribution in [0.1, 0.15) is 22.0 Å². The van der Waals surface area contributed by atoms with Crippen molar-refractivity contribution >= 4 is 27.9 Å². The first-order valence-electron chi connectivity index (χ1n) is 5.82. The van der Waals surface area contributed by atoms with Crippen molar-refractivity contribution < 1.29 is 4.79 Å². The van der Waals surface area contributed by atoms with Gasteiger partial charge >= 0.3 is 0 Å². The summed E-state index contributed by atoms with van der Waals surface area (Å²) in [6, 6.07) is 5.68. The van der Waals surface area contributed by atoms with Crippen LogP contribution in [0.2, 0.25) is 0 Å². The number of fused-ring (bicyclic) bond motifs is 1. The quantitative estimate of drug-likeness (QED) is 0.780. The lowest BCUT2D eigenvalue weighted by molar-refractivity contribution is 0.102. The number of hydrogen-bond acceptors (Lipinski definition) is 4. The number of carbonyl (C=O) groups excluding carboxylic acids is 1. The first-order valence-corrected chi connectivity index (χ1v) is 6.70. The summed E-state index contributed by atoms with van der Waals surface area (Å²) in [5.74, 6) is 0.558. The molecule has 0 saturated heterocycles. The van der Waals surface area contributed by atoms with Gasteiger partial charge in [0.15, 0.2) is 10.8 Å².